The minimum absolute atomic E-state index is 0.0560. The van der Waals surface area contributed by atoms with Gasteiger partial charge in [-0.1, -0.05) is 19.3 Å². The van der Waals surface area contributed by atoms with Gasteiger partial charge in [0.2, 0.25) is 5.91 Å². The first-order chi connectivity index (χ1) is 8.74. The maximum absolute atomic E-state index is 12.0. The number of carbonyl (C=O) groups excluding carboxylic acids is 1. The Labute approximate surface area is 108 Å². The molecule has 1 aliphatic rings. The summed E-state index contributed by atoms with van der Waals surface area (Å²) in [4.78, 5) is 15.0. The summed E-state index contributed by atoms with van der Waals surface area (Å²) in [6, 6.07) is 1.97. The van der Waals surface area contributed by atoms with Gasteiger partial charge in [-0.25, -0.2) is 0 Å². The zero-order chi connectivity index (χ0) is 12.8. The van der Waals surface area contributed by atoms with E-state index in [-0.39, 0.29) is 11.3 Å². The highest BCUT2D eigenvalue weighted by atomic mass is 16.1. The molecular formula is C14H23N3O. The summed E-state index contributed by atoms with van der Waals surface area (Å²) in [6.45, 7) is 1.23. The summed E-state index contributed by atoms with van der Waals surface area (Å²) < 4.78 is 0. The number of hydrogen-bond donors (Lipinski definition) is 3. The quantitative estimate of drug-likeness (QED) is 0.746. The molecule has 100 valence electrons. The van der Waals surface area contributed by atoms with Crippen molar-refractivity contribution >= 4 is 5.91 Å². The minimum Gasteiger partial charge on any atom is -0.367 e. The number of carbonyl (C=O) groups is 1. The normalized spacial score (nSPS) is 18.5. The summed E-state index contributed by atoms with van der Waals surface area (Å²) in [6.07, 6.45) is 10.2. The smallest absolute Gasteiger partial charge is 0.220 e. The van der Waals surface area contributed by atoms with Gasteiger partial charge in [-0.05, 0) is 36.4 Å². The summed E-state index contributed by atoms with van der Waals surface area (Å²) in [7, 11) is 0. The molecule has 1 heterocycles. The fourth-order valence-corrected chi connectivity index (χ4v) is 2.83. The molecule has 0 bridgehead atoms. The van der Waals surface area contributed by atoms with Gasteiger partial charge in [-0.2, -0.15) is 0 Å². The van der Waals surface area contributed by atoms with Gasteiger partial charge in [0, 0.05) is 25.4 Å². The van der Waals surface area contributed by atoms with Crippen molar-refractivity contribution in [3.05, 3.63) is 24.0 Å². The summed E-state index contributed by atoms with van der Waals surface area (Å²) in [5, 5.41) is 2.98. The van der Waals surface area contributed by atoms with Crippen LogP contribution in [0.1, 0.15) is 44.1 Å². The standard InChI is InChI=1S/C14H23N3O/c15-11-14(5-2-1-3-6-14)8-13(18)17-10-12-4-7-16-9-12/h4,7,9,16H,1-3,5-6,8,10-11,15H2,(H,17,18). The van der Waals surface area contributed by atoms with Crippen molar-refractivity contribution in [3.63, 3.8) is 0 Å². The molecule has 0 unspecified atom stereocenters. The molecule has 0 aromatic carbocycles. The van der Waals surface area contributed by atoms with E-state index in [1.807, 2.05) is 18.5 Å². The molecule has 4 heteroatoms. The maximum Gasteiger partial charge on any atom is 0.220 e. The van der Waals surface area contributed by atoms with E-state index in [4.69, 9.17) is 5.73 Å². The van der Waals surface area contributed by atoms with Crippen LogP contribution in [0.3, 0.4) is 0 Å². The summed E-state index contributed by atoms with van der Waals surface area (Å²) in [5.74, 6) is 0.128. The molecule has 1 saturated carbocycles. The lowest BCUT2D eigenvalue weighted by Crippen LogP contribution is -2.38. The van der Waals surface area contributed by atoms with Gasteiger partial charge >= 0.3 is 0 Å². The van der Waals surface area contributed by atoms with E-state index in [0.717, 1.165) is 18.4 Å². The average molecular weight is 249 g/mol. The van der Waals surface area contributed by atoms with Crippen LogP contribution < -0.4 is 11.1 Å². The van der Waals surface area contributed by atoms with Crippen LogP contribution in [-0.4, -0.2) is 17.4 Å². The van der Waals surface area contributed by atoms with Crippen LogP contribution in [0.5, 0.6) is 0 Å². The van der Waals surface area contributed by atoms with Gasteiger partial charge in [0.05, 0.1) is 0 Å². The van der Waals surface area contributed by atoms with Crippen molar-refractivity contribution in [2.75, 3.05) is 6.54 Å². The molecule has 2 rings (SSSR count). The maximum atomic E-state index is 12.0. The van der Waals surface area contributed by atoms with E-state index < -0.39 is 0 Å². The lowest BCUT2D eigenvalue weighted by Gasteiger charge is -2.35. The number of aromatic amines is 1. The summed E-state index contributed by atoms with van der Waals surface area (Å²) in [5.41, 5.74) is 7.05. The van der Waals surface area contributed by atoms with Crippen molar-refractivity contribution in [2.45, 2.75) is 45.1 Å². The molecule has 1 aromatic heterocycles. The molecule has 1 aliphatic carbocycles. The number of rotatable bonds is 5. The number of aromatic nitrogens is 1. The Morgan fingerprint density at radius 2 is 2.17 bits per heavy atom. The first-order valence-corrected chi connectivity index (χ1v) is 6.83. The zero-order valence-corrected chi connectivity index (χ0v) is 10.9. The van der Waals surface area contributed by atoms with Crippen molar-refractivity contribution in [1.82, 2.24) is 10.3 Å². The largest absolute Gasteiger partial charge is 0.367 e. The van der Waals surface area contributed by atoms with Crippen LogP contribution in [0, 0.1) is 5.41 Å². The topological polar surface area (TPSA) is 70.9 Å². The second-order valence-corrected chi connectivity index (χ2v) is 5.44. The van der Waals surface area contributed by atoms with Crippen molar-refractivity contribution < 1.29 is 4.79 Å². The lowest BCUT2D eigenvalue weighted by atomic mass is 9.71. The Bertz CT molecular complexity index is 366. The molecule has 0 saturated heterocycles. The predicted octanol–water partition coefficient (Wildman–Crippen LogP) is 1.93. The van der Waals surface area contributed by atoms with E-state index in [9.17, 15) is 4.79 Å². The van der Waals surface area contributed by atoms with Crippen LogP contribution in [0.4, 0.5) is 0 Å². The SMILES string of the molecule is NCC1(CC(=O)NCc2cc[nH]c2)CCCCC1. The van der Waals surface area contributed by atoms with E-state index in [1.54, 1.807) is 0 Å². The third-order valence-corrected chi connectivity index (χ3v) is 4.03. The average Bonchev–Trinajstić information content (AvgIpc) is 2.91. The fraction of sp³-hybridized carbons (Fsp3) is 0.643. The van der Waals surface area contributed by atoms with E-state index in [1.165, 1.54) is 19.3 Å². The van der Waals surface area contributed by atoms with Crippen molar-refractivity contribution in [2.24, 2.45) is 11.1 Å². The second-order valence-electron chi connectivity index (χ2n) is 5.44. The molecule has 4 N–H and O–H groups in total. The molecule has 1 fully saturated rings. The molecule has 1 amide bonds. The van der Waals surface area contributed by atoms with Crippen LogP contribution in [0.25, 0.3) is 0 Å². The van der Waals surface area contributed by atoms with Crippen LogP contribution >= 0.6 is 0 Å². The molecule has 0 radical (unpaired) electrons. The highest BCUT2D eigenvalue weighted by Gasteiger charge is 2.32. The first kappa shape index (κ1) is 13.1. The Balaban J connectivity index is 1.81. The van der Waals surface area contributed by atoms with E-state index >= 15 is 0 Å². The van der Waals surface area contributed by atoms with Gasteiger partial charge in [0.25, 0.3) is 0 Å². The number of nitrogens with one attached hydrogen (secondary N) is 2. The zero-order valence-electron chi connectivity index (χ0n) is 10.9. The van der Waals surface area contributed by atoms with Gasteiger partial charge in [-0.3, -0.25) is 4.79 Å². The Morgan fingerprint density at radius 1 is 1.39 bits per heavy atom. The van der Waals surface area contributed by atoms with Gasteiger partial charge < -0.3 is 16.0 Å². The predicted molar refractivity (Wildman–Crippen MR) is 71.8 cm³/mol. The first-order valence-electron chi connectivity index (χ1n) is 6.83. The molecule has 0 spiro atoms. The third kappa shape index (κ3) is 3.35. The Kier molecular flexibility index (Phi) is 4.42. The number of hydrogen-bond acceptors (Lipinski definition) is 2. The monoisotopic (exact) mass is 249 g/mol. The highest BCUT2D eigenvalue weighted by Crippen LogP contribution is 2.38. The fourth-order valence-electron chi connectivity index (χ4n) is 2.83. The van der Waals surface area contributed by atoms with E-state index in [0.29, 0.717) is 19.5 Å². The Morgan fingerprint density at radius 3 is 2.78 bits per heavy atom. The van der Waals surface area contributed by atoms with Gasteiger partial charge in [-0.15, -0.1) is 0 Å². The number of nitrogens with two attached hydrogens (primary N) is 1. The van der Waals surface area contributed by atoms with Crippen molar-refractivity contribution in [1.29, 1.82) is 0 Å². The molecule has 18 heavy (non-hydrogen) atoms. The molecule has 0 aliphatic heterocycles. The van der Waals surface area contributed by atoms with E-state index in [2.05, 4.69) is 10.3 Å². The molecular weight excluding hydrogens is 226 g/mol. The molecule has 0 atom stereocenters. The lowest BCUT2D eigenvalue weighted by molar-refractivity contribution is -0.124. The van der Waals surface area contributed by atoms with Crippen molar-refractivity contribution in [3.8, 4) is 0 Å². The third-order valence-electron chi connectivity index (χ3n) is 4.03. The molecule has 1 aromatic rings. The second kappa shape index (κ2) is 6.05. The van der Waals surface area contributed by atoms with Gasteiger partial charge in [0.15, 0.2) is 0 Å². The molecule has 4 nitrogen and oxygen atoms in total. The van der Waals surface area contributed by atoms with Crippen LogP contribution in [0.2, 0.25) is 0 Å². The minimum atomic E-state index is 0.0560. The van der Waals surface area contributed by atoms with Crippen LogP contribution in [0.15, 0.2) is 18.5 Å². The highest BCUT2D eigenvalue weighted by molar-refractivity contribution is 5.76. The van der Waals surface area contributed by atoms with Crippen LogP contribution in [-0.2, 0) is 11.3 Å². The van der Waals surface area contributed by atoms with Gasteiger partial charge in [0.1, 0.15) is 0 Å². The number of H-pyrrole nitrogens is 1. The Hall–Kier alpha value is -1.29. The summed E-state index contributed by atoms with van der Waals surface area (Å²) >= 11 is 0. The number of amides is 1.